The SMILES string of the molecule is CCCCCCCCCCCCCCCCCCCCCC(=O)O[C@H](COC(=O)CCCCCCCCCCCCCCCCC)COP(=O)(O)OC[C@@H](O)COP(=O)(O)OC[C@@H](COC(=O)CCCCCCC)OC(=O)CCCCCCCCCCCCC(C)C. The van der Waals surface area contributed by atoms with Crippen molar-refractivity contribution >= 4 is 39.5 Å². The van der Waals surface area contributed by atoms with E-state index in [0.717, 1.165) is 102 Å². The highest BCUT2D eigenvalue weighted by molar-refractivity contribution is 7.47. The first kappa shape index (κ1) is 90.1. The monoisotopic (exact) mass is 1350 g/mol. The lowest BCUT2D eigenvalue weighted by molar-refractivity contribution is -0.161. The van der Waals surface area contributed by atoms with Crippen molar-refractivity contribution in [2.45, 2.75) is 400 Å². The van der Waals surface area contributed by atoms with Gasteiger partial charge in [0.15, 0.2) is 12.2 Å². The molecule has 0 aliphatic rings. The summed E-state index contributed by atoms with van der Waals surface area (Å²) >= 11 is 0. The van der Waals surface area contributed by atoms with Gasteiger partial charge in [-0.3, -0.25) is 37.3 Å². The summed E-state index contributed by atoms with van der Waals surface area (Å²) in [4.78, 5) is 72.4. The number of hydrogen-bond donors (Lipinski definition) is 3. The van der Waals surface area contributed by atoms with E-state index in [1.165, 1.54) is 199 Å². The summed E-state index contributed by atoms with van der Waals surface area (Å²) in [6.45, 7) is 7.17. The molecule has 0 aromatic carbocycles. The Morgan fingerprint density at radius 2 is 0.500 bits per heavy atom. The summed E-state index contributed by atoms with van der Waals surface area (Å²) in [5, 5.41) is 10.6. The molecule has 0 saturated heterocycles. The molecule has 0 amide bonds. The fraction of sp³-hybridized carbons (Fsp3) is 0.945. The van der Waals surface area contributed by atoms with Crippen LogP contribution in [0.5, 0.6) is 0 Å². The maximum absolute atomic E-state index is 13.0. The molecular weight excluding hydrogens is 1210 g/mol. The number of aliphatic hydroxyl groups excluding tert-OH is 1. The van der Waals surface area contributed by atoms with Gasteiger partial charge in [0.1, 0.15) is 19.3 Å². The molecular formula is C73H142O17P2. The van der Waals surface area contributed by atoms with Crippen LogP contribution in [0, 0.1) is 5.92 Å². The number of rotatable bonds is 73. The van der Waals surface area contributed by atoms with Crippen LogP contribution in [0.2, 0.25) is 0 Å². The third-order valence-corrected chi connectivity index (χ3v) is 18.9. The lowest BCUT2D eigenvalue weighted by Gasteiger charge is -2.21. The molecule has 0 saturated carbocycles. The number of esters is 4. The van der Waals surface area contributed by atoms with Gasteiger partial charge in [0.25, 0.3) is 0 Å². The molecule has 0 heterocycles. The molecule has 0 aromatic rings. The maximum Gasteiger partial charge on any atom is 0.472 e. The van der Waals surface area contributed by atoms with Crippen molar-refractivity contribution in [1.82, 2.24) is 0 Å². The molecule has 0 aliphatic heterocycles. The molecule has 5 atom stereocenters. The highest BCUT2D eigenvalue weighted by atomic mass is 31.2. The fourth-order valence-corrected chi connectivity index (χ4v) is 12.8. The topological polar surface area (TPSA) is 237 Å². The highest BCUT2D eigenvalue weighted by Crippen LogP contribution is 2.45. The maximum atomic E-state index is 13.0. The van der Waals surface area contributed by atoms with Gasteiger partial charge < -0.3 is 33.8 Å². The van der Waals surface area contributed by atoms with Crippen LogP contribution in [-0.4, -0.2) is 96.7 Å². The zero-order valence-electron chi connectivity index (χ0n) is 59.7. The Morgan fingerprint density at radius 3 is 0.739 bits per heavy atom. The Kier molecular flexibility index (Phi) is 64.9. The summed E-state index contributed by atoms with van der Waals surface area (Å²) in [6.07, 6.45) is 54.5. The smallest absolute Gasteiger partial charge is 0.462 e. The number of phosphoric acid groups is 2. The number of carbonyl (C=O) groups excluding carboxylic acids is 4. The molecule has 19 heteroatoms. The van der Waals surface area contributed by atoms with Crippen molar-refractivity contribution in [2.75, 3.05) is 39.6 Å². The van der Waals surface area contributed by atoms with Gasteiger partial charge in [-0.25, -0.2) is 9.13 Å². The Labute approximate surface area is 562 Å². The van der Waals surface area contributed by atoms with Crippen LogP contribution in [0.1, 0.15) is 381 Å². The van der Waals surface area contributed by atoms with E-state index in [9.17, 15) is 43.2 Å². The zero-order valence-corrected chi connectivity index (χ0v) is 61.5. The highest BCUT2D eigenvalue weighted by Gasteiger charge is 2.30. The molecule has 0 aliphatic carbocycles. The third-order valence-electron chi connectivity index (χ3n) is 17.0. The fourth-order valence-electron chi connectivity index (χ4n) is 11.2. The Hall–Kier alpha value is -1.94. The first-order valence-electron chi connectivity index (χ1n) is 38.1. The van der Waals surface area contributed by atoms with E-state index >= 15 is 0 Å². The molecule has 92 heavy (non-hydrogen) atoms. The molecule has 0 radical (unpaired) electrons. The van der Waals surface area contributed by atoms with Crippen molar-refractivity contribution in [1.29, 1.82) is 0 Å². The lowest BCUT2D eigenvalue weighted by atomic mass is 10.0. The molecule has 17 nitrogen and oxygen atoms in total. The van der Waals surface area contributed by atoms with Gasteiger partial charge in [0, 0.05) is 25.7 Å². The second kappa shape index (κ2) is 66.3. The molecule has 0 fully saturated rings. The van der Waals surface area contributed by atoms with Crippen LogP contribution in [0.25, 0.3) is 0 Å². The van der Waals surface area contributed by atoms with E-state index in [-0.39, 0.29) is 25.7 Å². The van der Waals surface area contributed by atoms with Gasteiger partial charge in [-0.2, -0.15) is 0 Å². The van der Waals surface area contributed by atoms with E-state index in [1.807, 2.05) is 0 Å². The van der Waals surface area contributed by atoms with Gasteiger partial charge in [0.05, 0.1) is 26.4 Å². The second-order valence-electron chi connectivity index (χ2n) is 26.8. The van der Waals surface area contributed by atoms with E-state index in [0.29, 0.717) is 25.7 Å². The quantitative estimate of drug-likeness (QED) is 0.0222. The van der Waals surface area contributed by atoms with Gasteiger partial charge in [-0.1, -0.05) is 330 Å². The van der Waals surface area contributed by atoms with E-state index in [4.69, 9.17) is 37.0 Å². The average Bonchev–Trinajstić information content (AvgIpc) is 3.62. The van der Waals surface area contributed by atoms with Crippen LogP contribution in [0.4, 0.5) is 0 Å². The van der Waals surface area contributed by atoms with E-state index in [2.05, 4.69) is 34.6 Å². The Balaban J connectivity index is 5.14. The third kappa shape index (κ3) is 66.7. The van der Waals surface area contributed by atoms with Crippen molar-refractivity contribution in [3.63, 3.8) is 0 Å². The number of aliphatic hydroxyl groups is 1. The lowest BCUT2D eigenvalue weighted by Crippen LogP contribution is -2.30. The molecule has 0 bridgehead atoms. The van der Waals surface area contributed by atoms with Gasteiger partial charge in [-0.05, 0) is 31.6 Å². The zero-order chi connectivity index (χ0) is 67.7. The molecule has 0 spiro atoms. The molecule has 546 valence electrons. The standard InChI is InChI=1S/C73H142O17P2/c1-6-9-12-15-17-19-21-23-25-26-27-28-30-32-34-39-43-48-53-58-73(78)90-69(63-84-71(76)57-52-47-42-38-33-31-29-24-22-20-18-16-13-10-7-2)65-88-92(81,82)86-61-67(74)60-85-91(79,80)87-64-68(62-83-70(75)56-51-45-14-11-8-3)89-72(77)59-54-49-44-40-36-35-37-41-46-50-55-66(4)5/h66-69,74H,6-65H2,1-5H3,(H,79,80)(H,81,82)/t67-,68+,69+/m0/s1. The number of unbranched alkanes of at least 4 members (excludes halogenated alkanes) is 45. The predicted molar refractivity (Wildman–Crippen MR) is 372 cm³/mol. The number of hydrogen-bond acceptors (Lipinski definition) is 15. The summed E-state index contributed by atoms with van der Waals surface area (Å²) < 4.78 is 68.2. The first-order valence-corrected chi connectivity index (χ1v) is 41.1. The molecule has 0 aromatic heterocycles. The summed E-state index contributed by atoms with van der Waals surface area (Å²) in [6, 6.07) is 0. The first-order chi connectivity index (χ1) is 44.5. The summed E-state index contributed by atoms with van der Waals surface area (Å²) in [5.74, 6) is -1.38. The van der Waals surface area contributed by atoms with Crippen LogP contribution < -0.4 is 0 Å². The van der Waals surface area contributed by atoms with Crippen molar-refractivity contribution in [3.05, 3.63) is 0 Å². The average molecular weight is 1350 g/mol. The van der Waals surface area contributed by atoms with Crippen molar-refractivity contribution < 1.29 is 80.2 Å². The Morgan fingerprint density at radius 1 is 0.293 bits per heavy atom. The van der Waals surface area contributed by atoms with Gasteiger partial charge in [0.2, 0.25) is 0 Å². The Bertz CT molecular complexity index is 1770. The van der Waals surface area contributed by atoms with Gasteiger partial charge >= 0.3 is 39.5 Å². The minimum absolute atomic E-state index is 0.105. The van der Waals surface area contributed by atoms with E-state index in [1.54, 1.807) is 0 Å². The number of carbonyl (C=O) groups is 4. The number of phosphoric ester groups is 2. The van der Waals surface area contributed by atoms with Crippen LogP contribution >= 0.6 is 15.6 Å². The minimum Gasteiger partial charge on any atom is -0.462 e. The van der Waals surface area contributed by atoms with Crippen LogP contribution in [0.15, 0.2) is 0 Å². The van der Waals surface area contributed by atoms with Crippen LogP contribution in [-0.2, 0) is 65.4 Å². The summed E-state index contributed by atoms with van der Waals surface area (Å²) in [7, 11) is -9.89. The molecule has 3 N–H and O–H groups in total. The molecule has 2 unspecified atom stereocenters. The minimum atomic E-state index is -4.95. The molecule has 0 rings (SSSR count). The predicted octanol–water partition coefficient (Wildman–Crippen LogP) is 21.3. The normalized spacial score (nSPS) is 14.0. The second-order valence-corrected chi connectivity index (χ2v) is 29.7. The van der Waals surface area contributed by atoms with Crippen molar-refractivity contribution in [3.8, 4) is 0 Å². The van der Waals surface area contributed by atoms with Gasteiger partial charge in [-0.15, -0.1) is 0 Å². The van der Waals surface area contributed by atoms with Crippen molar-refractivity contribution in [2.24, 2.45) is 5.92 Å². The van der Waals surface area contributed by atoms with Crippen LogP contribution in [0.3, 0.4) is 0 Å². The van der Waals surface area contributed by atoms with E-state index < -0.39 is 97.5 Å². The summed E-state index contributed by atoms with van der Waals surface area (Å²) in [5.41, 5.74) is 0. The largest absolute Gasteiger partial charge is 0.472 e. The number of ether oxygens (including phenoxy) is 4.